The summed E-state index contributed by atoms with van der Waals surface area (Å²) in [5.74, 6) is -0.114. The van der Waals surface area contributed by atoms with E-state index in [0.29, 0.717) is 26.2 Å². The van der Waals surface area contributed by atoms with Crippen LogP contribution >= 0.6 is 0 Å². The van der Waals surface area contributed by atoms with Gasteiger partial charge in [0.2, 0.25) is 0 Å². The summed E-state index contributed by atoms with van der Waals surface area (Å²) in [5.41, 5.74) is 0. The zero-order valence-corrected chi connectivity index (χ0v) is 23.1. The molecule has 4 fully saturated rings. The summed E-state index contributed by atoms with van der Waals surface area (Å²) in [5, 5.41) is 5.72. The van der Waals surface area contributed by atoms with Gasteiger partial charge < -0.3 is 20.4 Å². The monoisotopic (exact) mass is 532 g/mol. The van der Waals surface area contributed by atoms with Gasteiger partial charge in [-0.05, 0) is 64.7 Å². The minimum Gasteiger partial charge on any atom is -0.324 e. The number of imide groups is 2. The number of urea groups is 2. The highest BCUT2D eigenvalue weighted by atomic mass is 16.2. The average molecular weight is 533 g/mol. The molecule has 10 heteroatoms. The number of hydrogen-bond donors (Lipinski definition) is 2. The largest absolute Gasteiger partial charge is 0.324 e. The SMILES string of the molecule is O=C1NC(CN2CCCC2)C(=O)N1CCCCCCCCCCCCN1C(=O)NC(CN2CCCC2)C1=O. The van der Waals surface area contributed by atoms with Crippen LogP contribution in [0.5, 0.6) is 0 Å². The molecule has 0 radical (unpaired) electrons. The summed E-state index contributed by atoms with van der Waals surface area (Å²) >= 11 is 0. The Bertz CT molecular complexity index is 745. The Balaban J connectivity index is 0.955. The first-order valence-electron chi connectivity index (χ1n) is 15.2. The Hall–Kier alpha value is -2.20. The first kappa shape index (κ1) is 28.8. The predicted octanol–water partition coefficient (Wildman–Crippen LogP) is 2.92. The molecule has 4 saturated heterocycles. The van der Waals surface area contributed by atoms with E-state index >= 15 is 0 Å². The molecule has 2 atom stereocenters. The van der Waals surface area contributed by atoms with Crippen LogP contribution in [-0.4, -0.2) is 108 Å². The van der Waals surface area contributed by atoms with Crippen molar-refractivity contribution < 1.29 is 19.2 Å². The van der Waals surface area contributed by atoms with Gasteiger partial charge in [-0.15, -0.1) is 0 Å². The van der Waals surface area contributed by atoms with Crippen LogP contribution in [0, 0.1) is 0 Å². The van der Waals surface area contributed by atoms with Crippen molar-refractivity contribution in [1.29, 1.82) is 0 Å². The number of likely N-dealkylation sites (tertiary alicyclic amines) is 2. The minimum absolute atomic E-state index is 0.0569. The highest BCUT2D eigenvalue weighted by Crippen LogP contribution is 2.17. The predicted molar refractivity (Wildman–Crippen MR) is 146 cm³/mol. The van der Waals surface area contributed by atoms with Crippen molar-refractivity contribution in [3.8, 4) is 0 Å². The number of unbranched alkanes of at least 4 members (excludes halogenated alkanes) is 9. The molecule has 4 aliphatic heterocycles. The molecule has 2 N–H and O–H groups in total. The number of nitrogens with one attached hydrogen (secondary N) is 2. The van der Waals surface area contributed by atoms with Crippen molar-refractivity contribution in [1.82, 2.24) is 30.2 Å². The van der Waals surface area contributed by atoms with Crippen molar-refractivity contribution in [2.45, 2.75) is 102 Å². The van der Waals surface area contributed by atoms with E-state index in [-0.39, 0.29) is 36.0 Å². The summed E-state index contributed by atoms with van der Waals surface area (Å²) in [7, 11) is 0. The van der Waals surface area contributed by atoms with Crippen molar-refractivity contribution in [2.75, 3.05) is 52.4 Å². The quantitative estimate of drug-likeness (QED) is 0.220. The van der Waals surface area contributed by atoms with Crippen LogP contribution in [0.15, 0.2) is 0 Å². The Morgan fingerprint density at radius 2 is 0.816 bits per heavy atom. The molecule has 0 aromatic heterocycles. The van der Waals surface area contributed by atoms with E-state index in [2.05, 4.69) is 20.4 Å². The van der Waals surface area contributed by atoms with E-state index in [1.807, 2.05) is 0 Å². The average Bonchev–Trinajstić information content (AvgIpc) is 3.69. The molecule has 0 saturated carbocycles. The van der Waals surface area contributed by atoms with Gasteiger partial charge in [-0.2, -0.15) is 0 Å². The van der Waals surface area contributed by atoms with Crippen LogP contribution in [0.4, 0.5) is 9.59 Å². The Kier molecular flexibility index (Phi) is 11.2. The number of hydrogen-bond acceptors (Lipinski definition) is 6. The maximum Gasteiger partial charge on any atom is 0.324 e. The van der Waals surface area contributed by atoms with Gasteiger partial charge in [0.1, 0.15) is 12.1 Å². The Morgan fingerprint density at radius 3 is 1.16 bits per heavy atom. The molecule has 0 spiro atoms. The van der Waals surface area contributed by atoms with E-state index in [1.165, 1.54) is 61.2 Å². The fraction of sp³-hybridized carbons (Fsp3) is 0.857. The fourth-order valence-corrected chi connectivity index (χ4v) is 6.23. The van der Waals surface area contributed by atoms with Crippen LogP contribution in [-0.2, 0) is 9.59 Å². The van der Waals surface area contributed by atoms with Crippen molar-refractivity contribution in [3.63, 3.8) is 0 Å². The Morgan fingerprint density at radius 1 is 0.500 bits per heavy atom. The summed E-state index contributed by atoms with van der Waals surface area (Å²) in [6, 6.07) is -1.19. The Labute approximate surface area is 227 Å². The standard InChI is InChI=1S/C28H48N6O4/c35-25-23(21-31-15-11-12-16-31)29-27(37)33(25)19-9-7-5-3-1-2-4-6-8-10-20-34-26(36)24(30-28(34)38)22-32-17-13-14-18-32/h23-24H,1-22H2,(H,29,37)(H,30,38). The number of carbonyl (C=O) groups is 4. The topological polar surface area (TPSA) is 105 Å². The smallest absolute Gasteiger partial charge is 0.324 e. The molecule has 4 aliphatic rings. The molecule has 6 amide bonds. The van der Waals surface area contributed by atoms with Crippen molar-refractivity contribution >= 4 is 23.9 Å². The molecule has 4 rings (SSSR count). The second-order valence-electron chi connectivity index (χ2n) is 11.5. The lowest BCUT2D eigenvalue weighted by Gasteiger charge is -2.18. The zero-order valence-electron chi connectivity index (χ0n) is 23.1. The first-order chi connectivity index (χ1) is 18.5. The molecule has 10 nitrogen and oxygen atoms in total. The van der Waals surface area contributed by atoms with Gasteiger partial charge in [-0.3, -0.25) is 19.4 Å². The lowest BCUT2D eigenvalue weighted by Crippen LogP contribution is -2.41. The lowest BCUT2D eigenvalue weighted by atomic mass is 10.1. The van der Waals surface area contributed by atoms with E-state index < -0.39 is 0 Å². The molecule has 0 bridgehead atoms. The van der Waals surface area contributed by atoms with Gasteiger partial charge in [-0.1, -0.05) is 51.4 Å². The maximum atomic E-state index is 12.6. The van der Waals surface area contributed by atoms with E-state index in [0.717, 1.165) is 64.7 Å². The van der Waals surface area contributed by atoms with E-state index in [9.17, 15) is 19.2 Å². The minimum atomic E-state index is -0.370. The van der Waals surface area contributed by atoms with Crippen LogP contribution in [0.3, 0.4) is 0 Å². The summed E-state index contributed by atoms with van der Waals surface area (Å²) in [4.78, 5) is 56.9. The van der Waals surface area contributed by atoms with Gasteiger partial charge in [0.25, 0.3) is 11.8 Å². The third-order valence-corrected chi connectivity index (χ3v) is 8.51. The molecule has 4 heterocycles. The fourth-order valence-electron chi connectivity index (χ4n) is 6.23. The van der Waals surface area contributed by atoms with Gasteiger partial charge in [0.15, 0.2) is 0 Å². The molecule has 214 valence electrons. The van der Waals surface area contributed by atoms with Crippen LogP contribution in [0.25, 0.3) is 0 Å². The van der Waals surface area contributed by atoms with Gasteiger partial charge in [-0.25, -0.2) is 9.59 Å². The van der Waals surface area contributed by atoms with E-state index in [1.54, 1.807) is 0 Å². The summed E-state index contributed by atoms with van der Waals surface area (Å²) in [6.07, 6.45) is 15.6. The summed E-state index contributed by atoms with van der Waals surface area (Å²) in [6.45, 7) is 6.44. The highest BCUT2D eigenvalue weighted by Gasteiger charge is 2.39. The lowest BCUT2D eigenvalue weighted by molar-refractivity contribution is -0.128. The van der Waals surface area contributed by atoms with E-state index in [4.69, 9.17) is 0 Å². The molecular formula is C28H48N6O4. The second kappa shape index (κ2) is 14.8. The maximum absolute atomic E-state index is 12.6. The normalized spacial score (nSPS) is 24.7. The van der Waals surface area contributed by atoms with Crippen molar-refractivity contribution in [2.24, 2.45) is 0 Å². The third kappa shape index (κ3) is 8.15. The highest BCUT2D eigenvalue weighted by molar-refractivity contribution is 6.04. The molecular weight excluding hydrogens is 484 g/mol. The number of carbonyl (C=O) groups excluding carboxylic acids is 4. The van der Waals surface area contributed by atoms with Crippen LogP contribution in [0.2, 0.25) is 0 Å². The third-order valence-electron chi connectivity index (χ3n) is 8.51. The van der Waals surface area contributed by atoms with Crippen LogP contribution in [0.1, 0.15) is 89.9 Å². The molecule has 0 aliphatic carbocycles. The first-order valence-corrected chi connectivity index (χ1v) is 15.2. The van der Waals surface area contributed by atoms with Crippen molar-refractivity contribution in [3.05, 3.63) is 0 Å². The van der Waals surface area contributed by atoms with Gasteiger partial charge in [0.05, 0.1) is 0 Å². The van der Waals surface area contributed by atoms with Gasteiger partial charge in [0, 0.05) is 26.2 Å². The second-order valence-corrected chi connectivity index (χ2v) is 11.5. The van der Waals surface area contributed by atoms with Crippen LogP contribution < -0.4 is 10.6 Å². The number of amides is 6. The zero-order chi connectivity index (χ0) is 26.7. The summed E-state index contributed by atoms with van der Waals surface area (Å²) < 4.78 is 0. The molecule has 38 heavy (non-hydrogen) atoms. The molecule has 2 unspecified atom stereocenters. The van der Waals surface area contributed by atoms with Gasteiger partial charge >= 0.3 is 12.1 Å². The molecule has 0 aromatic carbocycles. The number of rotatable bonds is 17. The number of nitrogens with zero attached hydrogens (tertiary/aromatic N) is 4. The molecule has 0 aromatic rings.